The molecule has 0 spiro atoms. The van der Waals surface area contributed by atoms with Crippen LogP contribution in [0.3, 0.4) is 0 Å². The zero-order valence-electron chi connectivity index (χ0n) is 16.8. The molecular formula is C22H28N2O3S. The number of hydrogen-bond donors (Lipinski definition) is 0. The van der Waals surface area contributed by atoms with Gasteiger partial charge < -0.3 is 4.90 Å². The summed E-state index contributed by atoms with van der Waals surface area (Å²) in [5.41, 5.74) is 4.81. The van der Waals surface area contributed by atoms with E-state index >= 15 is 0 Å². The van der Waals surface area contributed by atoms with Crippen LogP contribution in [0.2, 0.25) is 0 Å². The summed E-state index contributed by atoms with van der Waals surface area (Å²) in [6.45, 7) is 4.87. The van der Waals surface area contributed by atoms with E-state index < -0.39 is 10.0 Å². The van der Waals surface area contributed by atoms with Gasteiger partial charge in [-0.2, -0.15) is 0 Å². The Morgan fingerprint density at radius 2 is 1.89 bits per heavy atom. The Kier molecular flexibility index (Phi) is 6.08. The van der Waals surface area contributed by atoms with Gasteiger partial charge in [-0.05, 0) is 61.9 Å². The number of hydrogen-bond acceptors (Lipinski definition) is 3. The SMILES string of the molecule is Cc1ccc(C)c(N(CCCC(=O)N2CCCc3ccccc32)S(C)(=O)=O)c1. The molecule has 0 aliphatic carbocycles. The predicted molar refractivity (Wildman–Crippen MR) is 114 cm³/mol. The Bertz CT molecular complexity index is 969. The first kappa shape index (κ1) is 20.4. The number of carbonyl (C=O) groups excluding carboxylic acids is 1. The van der Waals surface area contributed by atoms with E-state index in [1.54, 1.807) is 0 Å². The van der Waals surface area contributed by atoms with Crippen LogP contribution in [0.1, 0.15) is 36.0 Å². The van der Waals surface area contributed by atoms with Gasteiger partial charge >= 0.3 is 0 Å². The number of fused-ring (bicyclic) bond motifs is 1. The molecule has 0 saturated heterocycles. The van der Waals surface area contributed by atoms with Crippen molar-refractivity contribution in [2.75, 3.05) is 28.6 Å². The van der Waals surface area contributed by atoms with Crippen molar-refractivity contribution in [1.82, 2.24) is 0 Å². The molecule has 1 amide bonds. The van der Waals surface area contributed by atoms with Crippen molar-refractivity contribution >= 4 is 27.3 Å². The Hall–Kier alpha value is -2.34. The number of amides is 1. The number of anilines is 2. The van der Waals surface area contributed by atoms with Crippen molar-refractivity contribution in [2.24, 2.45) is 0 Å². The van der Waals surface area contributed by atoms with E-state index in [0.717, 1.165) is 36.2 Å². The number of rotatable bonds is 6. The van der Waals surface area contributed by atoms with Crippen molar-refractivity contribution in [1.29, 1.82) is 0 Å². The van der Waals surface area contributed by atoms with E-state index in [-0.39, 0.29) is 5.91 Å². The molecule has 2 aromatic rings. The van der Waals surface area contributed by atoms with E-state index in [1.165, 1.54) is 16.1 Å². The molecule has 0 N–H and O–H groups in total. The number of carbonyl (C=O) groups is 1. The lowest BCUT2D eigenvalue weighted by molar-refractivity contribution is -0.118. The fraction of sp³-hybridized carbons (Fsp3) is 0.409. The predicted octanol–water partition coefficient (Wildman–Crippen LogP) is 3.83. The van der Waals surface area contributed by atoms with Crippen LogP contribution in [0, 0.1) is 13.8 Å². The first-order chi connectivity index (χ1) is 13.3. The quantitative estimate of drug-likeness (QED) is 0.740. The third kappa shape index (κ3) is 4.55. The molecule has 6 heteroatoms. The molecule has 0 aromatic heterocycles. The molecule has 0 unspecified atom stereocenters. The van der Waals surface area contributed by atoms with Crippen LogP contribution < -0.4 is 9.21 Å². The van der Waals surface area contributed by atoms with Gasteiger partial charge in [0.25, 0.3) is 0 Å². The molecule has 28 heavy (non-hydrogen) atoms. The Morgan fingerprint density at radius 1 is 1.14 bits per heavy atom. The number of benzene rings is 2. The smallest absolute Gasteiger partial charge is 0.232 e. The lowest BCUT2D eigenvalue weighted by Gasteiger charge is -2.30. The second-order valence-electron chi connectivity index (χ2n) is 7.51. The maximum Gasteiger partial charge on any atom is 0.232 e. The van der Waals surface area contributed by atoms with Gasteiger partial charge in [-0.1, -0.05) is 30.3 Å². The fourth-order valence-corrected chi connectivity index (χ4v) is 4.77. The van der Waals surface area contributed by atoms with Crippen molar-refractivity contribution < 1.29 is 13.2 Å². The third-order valence-electron chi connectivity index (χ3n) is 5.20. The third-order valence-corrected chi connectivity index (χ3v) is 6.38. The molecule has 0 atom stereocenters. The molecule has 3 rings (SSSR count). The van der Waals surface area contributed by atoms with Gasteiger partial charge in [0.05, 0.1) is 11.9 Å². The summed E-state index contributed by atoms with van der Waals surface area (Å²) in [7, 11) is -3.42. The summed E-state index contributed by atoms with van der Waals surface area (Å²) < 4.78 is 26.2. The Balaban J connectivity index is 1.70. The van der Waals surface area contributed by atoms with Crippen LogP contribution in [-0.2, 0) is 21.2 Å². The lowest BCUT2D eigenvalue weighted by atomic mass is 10.0. The minimum absolute atomic E-state index is 0.0570. The van der Waals surface area contributed by atoms with Crippen LogP contribution in [0.5, 0.6) is 0 Å². The number of sulfonamides is 1. The van der Waals surface area contributed by atoms with Crippen LogP contribution in [0.4, 0.5) is 11.4 Å². The lowest BCUT2D eigenvalue weighted by Crippen LogP contribution is -2.36. The maximum atomic E-state index is 12.8. The van der Waals surface area contributed by atoms with E-state index in [0.29, 0.717) is 25.1 Å². The molecule has 0 fully saturated rings. The molecular weight excluding hydrogens is 372 g/mol. The fourth-order valence-electron chi connectivity index (χ4n) is 3.75. The first-order valence-electron chi connectivity index (χ1n) is 9.70. The highest BCUT2D eigenvalue weighted by Crippen LogP contribution is 2.28. The monoisotopic (exact) mass is 400 g/mol. The Labute approximate surface area is 168 Å². The van der Waals surface area contributed by atoms with Gasteiger partial charge in [-0.15, -0.1) is 0 Å². The maximum absolute atomic E-state index is 12.8. The van der Waals surface area contributed by atoms with Gasteiger partial charge in [-0.25, -0.2) is 8.42 Å². The topological polar surface area (TPSA) is 57.7 Å². The van der Waals surface area contributed by atoms with E-state index in [2.05, 4.69) is 6.07 Å². The summed E-state index contributed by atoms with van der Waals surface area (Å²) in [5.74, 6) is 0.0570. The highest BCUT2D eigenvalue weighted by atomic mass is 32.2. The van der Waals surface area contributed by atoms with E-state index in [9.17, 15) is 13.2 Å². The summed E-state index contributed by atoms with van der Waals surface area (Å²) in [6.07, 6.45) is 3.98. The number of nitrogens with zero attached hydrogens (tertiary/aromatic N) is 2. The average molecular weight is 401 g/mol. The first-order valence-corrected chi connectivity index (χ1v) is 11.6. The minimum atomic E-state index is -3.42. The largest absolute Gasteiger partial charge is 0.312 e. The van der Waals surface area contributed by atoms with Crippen molar-refractivity contribution in [3.05, 3.63) is 59.2 Å². The van der Waals surface area contributed by atoms with Crippen molar-refractivity contribution in [3.63, 3.8) is 0 Å². The van der Waals surface area contributed by atoms with Gasteiger partial charge in [0, 0.05) is 25.2 Å². The summed E-state index contributed by atoms with van der Waals surface area (Å²) in [4.78, 5) is 14.7. The molecule has 150 valence electrons. The van der Waals surface area contributed by atoms with Crippen molar-refractivity contribution in [2.45, 2.75) is 39.5 Å². The van der Waals surface area contributed by atoms with Crippen LogP contribution >= 0.6 is 0 Å². The van der Waals surface area contributed by atoms with Gasteiger partial charge in [0.2, 0.25) is 15.9 Å². The molecule has 0 bridgehead atoms. The van der Waals surface area contributed by atoms with Crippen LogP contribution in [-0.4, -0.2) is 33.7 Å². The van der Waals surface area contributed by atoms with E-state index in [4.69, 9.17) is 0 Å². The highest BCUT2D eigenvalue weighted by molar-refractivity contribution is 7.92. The molecule has 0 saturated carbocycles. The molecule has 1 aliphatic heterocycles. The minimum Gasteiger partial charge on any atom is -0.312 e. The normalized spacial score (nSPS) is 13.9. The van der Waals surface area contributed by atoms with Gasteiger partial charge in [-0.3, -0.25) is 9.10 Å². The summed E-state index contributed by atoms with van der Waals surface area (Å²) >= 11 is 0. The van der Waals surface area contributed by atoms with Crippen LogP contribution in [0.25, 0.3) is 0 Å². The van der Waals surface area contributed by atoms with Gasteiger partial charge in [0.15, 0.2) is 0 Å². The zero-order chi connectivity index (χ0) is 20.3. The Morgan fingerprint density at radius 3 is 2.64 bits per heavy atom. The van der Waals surface area contributed by atoms with Crippen molar-refractivity contribution in [3.8, 4) is 0 Å². The number of aryl methyl sites for hydroxylation is 3. The number of para-hydroxylation sites is 1. The second kappa shape index (κ2) is 8.35. The second-order valence-corrected chi connectivity index (χ2v) is 9.41. The molecule has 2 aromatic carbocycles. The molecule has 5 nitrogen and oxygen atoms in total. The van der Waals surface area contributed by atoms with E-state index in [1.807, 2.05) is 55.1 Å². The summed E-state index contributed by atoms with van der Waals surface area (Å²) in [6, 6.07) is 13.8. The molecule has 0 radical (unpaired) electrons. The highest BCUT2D eigenvalue weighted by Gasteiger charge is 2.23. The van der Waals surface area contributed by atoms with Crippen LogP contribution in [0.15, 0.2) is 42.5 Å². The zero-order valence-corrected chi connectivity index (χ0v) is 17.6. The average Bonchev–Trinajstić information content (AvgIpc) is 2.66. The molecule has 1 heterocycles. The van der Waals surface area contributed by atoms with Gasteiger partial charge in [0.1, 0.15) is 0 Å². The molecule has 1 aliphatic rings. The summed E-state index contributed by atoms with van der Waals surface area (Å²) in [5, 5.41) is 0. The standard InChI is InChI=1S/C22H28N2O3S/c1-17-12-13-18(2)21(16-17)24(28(3,26)27)15-7-11-22(25)23-14-6-9-19-8-4-5-10-20(19)23/h4-5,8,10,12-13,16H,6-7,9,11,14-15H2,1-3H3.